The lowest BCUT2D eigenvalue weighted by atomic mass is 9.89. The van der Waals surface area contributed by atoms with E-state index in [-0.39, 0.29) is 23.4 Å². The van der Waals surface area contributed by atoms with E-state index in [9.17, 15) is 27.9 Å². The standard InChI is InChI=1S/C27H22F3NO3S/c28-27(29,30)20-8-3-5-16(13-20)15-31-23(21-9-4-12-35-21)22(25(33)26(31)34)24(32)19-11-10-17-6-1-2-7-18(17)14-19/h3-5,8-14,23,32H,1-2,6-7,15H2/b24-22-. The number of aliphatic hydroxyl groups is 1. The molecule has 2 aromatic carbocycles. The lowest BCUT2D eigenvalue weighted by molar-refractivity contribution is -0.140. The number of hydrogen-bond acceptors (Lipinski definition) is 4. The number of nitrogens with zero attached hydrogens (tertiary/aromatic N) is 1. The van der Waals surface area contributed by atoms with Crippen LogP contribution in [0, 0.1) is 0 Å². The Kier molecular flexibility index (Phi) is 6.01. The Balaban J connectivity index is 1.58. The normalized spacial score (nSPS) is 19.7. The molecule has 0 bridgehead atoms. The Labute approximate surface area is 204 Å². The van der Waals surface area contributed by atoms with Gasteiger partial charge in [-0.3, -0.25) is 9.59 Å². The molecular weight excluding hydrogens is 475 g/mol. The van der Waals surface area contributed by atoms with E-state index < -0.39 is 29.5 Å². The number of fused-ring (bicyclic) bond motifs is 1. The molecule has 2 aliphatic rings. The summed E-state index contributed by atoms with van der Waals surface area (Å²) in [5.74, 6) is -1.95. The highest BCUT2D eigenvalue weighted by molar-refractivity contribution is 7.10. The van der Waals surface area contributed by atoms with Gasteiger partial charge in [0.1, 0.15) is 5.76 Å². The molecule has 35 heavy (non-hydrogen) atoms. The maximum absolute atomic E-state index is 13.2. The maximum atomic E-state index is 13.2. The molecule has 1 aromatic heterocycles. The highest BCUT2D eigenvalue weighted by atomic mass is 32.1. The summed E-state index contributed by atoms with van der Waals surface area (Å²) in [6, 6.07) is 12.9. The SMILES string of the molecule is O=C1C(=O)N(Cc2cccc(C(F)(F)F)c2)C(c2cccs2)/C1=C(/O)c1ccc2c(c1)CCCC2. The minimum absolute atomic E-state index is 0.0415. The molecule has 1 saturated heterocycles. The number of alkyl halides is 3. The minimum atomic E-state index is -4.52. The topological polar surface area (TPSA) is 57.6 Å². The van der Waals surface area contributed by atoms with Gasteiger partial charge in [0, 0.05) is 17.0 Å². The first-order valence-electron chi connectivity index (χ1n) is 11.3. The van der Waals surface area contributed by atoms with Crippen molar-refractivity contribution < 1.29 is 27.9 Å². The number of ketones is 1. The Bertz CT molecular complexity index is 1330. The fourth-order valence-electron chi connectivity index (χ4n) is 4.86. The van der Waals surface area contributed by atoms with Gasteiger partial charge in [0.15, 0.2) is 0 Å². The first-order chi connectivity index (χ1) is 16.7. The average molecular weight is 498 g/mol. The van der Waals surface area contributed by atoms with Crippen LogP contribution in [-0.2, 0) is 35.2 Å². The fourth-order valence-corrected chi connectivity index (χ4v) is 5.71. The van der Waals surface area contributed by atoms with Crippen LogP contribution in [0.4, 0.5) is 13.2 Å². The second-order valence-electron chi connectivity index (χ2n) is 8.83. The monoisotopic (exact) mass is 497 g/mol. The third-order valence-corrected chi connectivity index (χ3v) is 7.51. The number of aryl methyl sites for hydroxylation is 2. The van der Waals surface area contributed by atoms with E-state index in [0.717, 1.165) is 43.4 Å². The van der Waals surface area contributed by atoms with Crippen molar-refractivity contribution in [2.24, 2.45) is 0 Å². The van der Waals surface area contributed by atoms with E-state index in [0.29, 0.717) is 10.4 Å². The number of rotatable bonds is 4. The van der Waals surface area contributed by atoms with Crippen molar-refractivity contribution in [3.63, 3.8) is 0 Å². The number of benzene rings is 2. The number of amides is 1. The predicted molar refractivity (Wildman–Crippen MR) is 127 cm³/mol. The van der Waals surface area contributed by atoms with Crippen molar-refractivity contribution >= 4 is 28.8 Å². The van der Waals surface area contributed by atoms with E-state index in [1.165, 1.54) is 33.9 Å². The van der Waals surface area contributed by atoms with Gasteiger partial charge >= 0.3 is 6.18 Å². The van der Waals surface area contributed by atoms with E-state index >= 15 is 0 Å². The number of halogens is 3. The summed E-state index contributed by atoms with van der Waals surface area (Å²) in [5, 5.41) is 13.0. The van der Waals surface area contributed by atoms with Crippen LogP contribution in [-0.4, -0.2) is 21.7 Å². The molecule has 1 unspecified atom stereocenters. The van der Waals surface area contributed by atoms with Gasteiger partial charge in [-0.25, -0.2) is 0 Å². The summed E-state index contributed by atoms with van der Waals surface area (Å²) in [5.41, 5.74) is 2.17. The van der Waals surface area contributed by atoms with Crippen molar-refractivity contribution in [1.82, 2.24) is 4.90 Å². The number of thiophene rings is 1. The van der Waals surface area contributed by atoms with E-state index in [2.05, 4.69) is 0 Å². The Morgan fingerprint density at radius 1 is 1.00 bits per heavy atom. The molecule has 180 valence electrons. The number of Topliss-reactive ketones (excluding diaryl/α,β-unsaturated/α-hetero) is 1. The lowest BCUT2D eigenvalue weighted by Crippen LogP contribution is -2.29. The third-order valence-electron chi connectivity index (χ3n) is 6.58. The van der Waals surface area contributed by atoms with E-state index in [1.807, 2.05) is 12.1 Å². The lowest BCUT2D eigenvalue weighted by Gasteiger charge is -2.24. The molecule has 0 spiro atoms. The van der Waals surface area contributed by atoms with Crippen LogP contribution in [0.1, 0.15) is 51.6 Å². The number of hydrogen-bond donors (Lipinski definition) is 1. The Morgan fingerprint density at radius 2 is 1.77 bits per heavy atom. The number of aliphatic hydroxyl groups excluding tert-OH is 1. The molecule has 5 rings (SSSR count). The molecule has 8 heteroatoms. The zero-order valence-electron chi connectivity index (χ0n) is 18.6. The molecule has 1 aliphatic heterocycles. The van der Waals surface area contributed by atoms with Gasteiger partial charge in [-0.05, 0) is 72.0 Å². The van der Waals surface area contributed by atoms with Crippen molar-refractivity contribution in [2.45, 2.75) is 44.4 Å². The Hall–Kier alpha value is -3.39. The average Bonchev–Trinajstić information content (AvgIpc) is 3.46. The van der Waals surface area contributed by atoms with Gasteiger partial charge in [-0.1, -0.05) is 30.3 Å². The summed E-state index contributed by atoms with van der Waals surface area (Å²) in [6.07, 6.45) is -0.517. The summed E-state index contributed by atoms with van der Waals surface area (Å²) >= 11 is 1.31. The van der Waals surface area contributed by atoms with Crippen LogP contribution in [0.2, 0.25) is 0 Å². The first-order valence-corrected chi connectivity index (χ1v) is 12.2. The molecule has 4 nitrogen and oxygen atoms in total. The van der Waals surface area contributed by atoms with E-state index in [4.69, 9.17) is 0 Å². The molecule has 1 atom stereocenters. The van der Waals surface area contributed by atoms with Crippen molar-refractivity contribution in [1.29, 1.82) is 0 Å². The second kappa shape index (κ2) is 9.00. The molecule has 1 aliphatic carbocycles. The fraction of sp³-hybridized carbons (Fsp3) is 0.259. The largest absolute Gasteiger partial charge is 0.507 e. The zero-order valence-corrected chi connectivity index (χ0v) is 19.5. The summed E-state index contributed by atoms with van der Waals surface area (Å²) < 4.78 is 39.7. The van der Waals surface area contributed by atoms with E-state index in [1.54, 1.807) is 23.6 Å². The van der Waals surface area contributed by atoms with Gasteiger partial charge in [-0.2, -0.15) is 13.2 Å². The highest BCUT2D eigenvalue weighted by Crippen LogP contribution is 2.42. The predicted octanol–water partition coefficient (Wildman–Crippen LogP) is 6.27. The molecule has 1 fully saturated rings. The van der Waals surface area contributed by atoms with Crippen LogP contribution in [0.25, 0.3) is 5.76 Å². The third kappa shape index (κ3) is 4.38. The van der Waals surface area contributed by atoms with Gasteiger partial charge in [0.25, 0.3) is 11.7 Å². The van der Waals surface area contributed by atoms with Gasteiger partial charge in [0.2, 0.25) is 0 Å². The highest BCUT2D eigenvalue weighted by Gasteiger charge is 2.46. The van der Waals surface area contributed by atoms with Crippen LogP contribution < -0.4 is 0 Å². The van der Waals surface area contributed by atoms with Crippen LogP contribution in [0.15, 0.2) is 65.6 Å². The summed E-state index contributed by atoms with van der Waals surface area (Å²) in [7, 11) is 0. The maximum Gasteiger partial charge on any atom is 0.416 e. The van der Waals surface area contributed by atoms with Crippen molar-refractivity contribution in [3.8, 4) is 0 Å². The molecule has 0 saturated carbocycles. The van der Waals surface area contributed by atoms with Crippen LogP contribution in [0.3, 0.4) is 0 Å². The molecule has 1 amide bonds. The molecule has 3 aromatic rings. The second-order valence-corrected chi connectivity index (χ2v) is 9.81. The molecular formula is C27H22F3NO3S. The summed E-state index contributed by atoms with van der Waals surface area (Å²) in [6.45, 7) is -0.196. The van der Waals surface area contributed by atoms with Crippen molar-refractivity contribution in [3.05, 3.63) is 98.2 Å². The smallest absolute Gasteiger partial charge is 0.416 e. The van der Waals surface area contributed by atoms with Crippen LogP contribution in [0.5, 0.6) is 0 Å². The van der Waals surface area contributed by atoms with Gasteiger partial charge in [-0.15, -0.1) is 11.3 Å². The Morgan fingerprint density at radius 3 is 2.49 bits per heavy atom. The first kappa shape index (κ1) is 23.4. The number of likely N-dealkylation sites (tertiary alicyclic amines) is 1. The van der Waals surface area contributed by atoms with Gasteiger partial charge in [0.05, 0.1) is 17.2 Å². The number of carbonyl (C=O) groups excluding carboxylic acids is 2. The summed E-state index contributed by atoms with van der Waals surface area (Å²) in [4.78, 5) is 28.1. The minimum Gasteiger partial charge on any atom is -0.507 e. The molecule has 1 N–H and O–H groups in total. The molecule has 0 radical (unpaired) electrons. The number of carbonyl (C=O) groups is 2. The van der Waals surface area contributed by atoms with Crippen molar-refractivity contribution in [2.75, 3.05) is 0 Å². The molecule has 2 heterocycles. The van der Waals surface area contributed by atoms with Crippen LogP contribution >= 0.6 is 11.3 Å². The quantitative estimate of drug-likeness (QED) is 0.263. The van der Waals surface area contributed by atoms with Gasteiger partial charge < -0.3 is 10.0 Å². The zero-order chi connectivity index (χ0) is 24.7.